The van der Waals surface area contributed by atoms with E-state index in [1.807, 2.05) is 0 Å². The molecule has 2 heteroatoms. The van der Waals surface area contributed by atoms with E-state index in [1.54, 1.807) is 0 Å². The predicted molar refractivity (Wildman–Crippen MR) is 46.3 cm³/mol. The Bertz CT molecular complexity index is 106. The van der Waals surface area contributed by atoms with Crippen molar-refractivity contribution in [2.75, 3.05) is 13.1 Å². The van der Waals surface area contributed by atoms with Gasteiger partial charge in [0, 0.05) is 13.1 Å². The molecule has 0 radical (unpaired) electrons. The summed E-state index contributed by atoms with van der Waals surface area (Å²) in [6.45, 7) is 6.61. The Morgan fingerprint density at radius 2 is 2.36 bits per heavy atom. The van der Waals surface area contributed by atoms with Crippen LogP contribution in [-0.4, -0.2) is 24.3 Å². The van der Waals surface area contributed by atoms with Gasteiger partial charge in [0.2, 0.25) is 0 Å². The molecular weight excluding hydrogens is 138 g/mol. The van der Waals surface area contributed by atoms with E-state index >= 15 is 0 Å². The molecule has 0 amide bonds. The quantitative estimate of drug-likeness (QED) is 0.622. The van der Waals surface area contributed by atoms with E-state index in [-0.39, 0.29) is 0 Å². The molecule has 66 valence electrons. The summed E-state index contributed by atoms with van der Waals surface area (Å²) in [6, 6.07) is 0. The molecule has 1 saturated heterocycles. The highest BCUT2D eigenvalue weighted by Crippen LogP contribution is 2.13. The summed E-state index contributed by atoms with van der Waals surface area (Å²) in [5.74, 6) is 0. The second kappa shape index (κ2) is 4.73. The van der Waals surface area contributed by atoms with Gasteiger partial charge in [-0.05, 0) is 26.2 Å². The van der Waals surface area contributed by atoms with Gasteiger partial charge >= 0.3 is 0 Å². The second-order valence-electron chi connectivity index (χ2n) is 3.34. The van der Waals surface area contributed by atoms with Crippen LogP contribution in [0.4, 0.5) is 0 Å². The maximum Gasteiger partial charge on any atom is 0.0765 e. The van der Waals surface area contributed by atoms with E-state index in [2.05, 4.69) is 18.9 Å². The Kier molecular flexibility index (Phi) is 3.87. The van der Waals surface area contributed by atoms with Crippen LogP contribution in [-0.2, 0) is 4.84 Å². The SMILES string of the molecule is CCCCN1CCCC(C)O1. The highest BCUT2D eigenvalue weighted by molar-refractivity contribution is 4.59. The average Bonchev–Trinajstić information content (AvgIpc) is 2.01. The Morgan fingerprint density at radius 1 is 1.55 bits per heavy atom. The molecule has 0 aromatic rings. The lowest BCUT2D eigenvalue weighted by molar-refractivity contribution is -0.216. The minimum atomic E-state index is 0.445. The van der Waals surface area contributed by atoms with Gasteiger partial charge in [0.25, 0.3) is 0 Å². The van der Waals surface area contributed by atoms with E-state index in [4.69, 9.17) is 4.84 Å². The molecule has 1 rings (SSSR count). The van der Waals surface area contributed by atoms with Gasteiger partial charge in [-0.2, -0.15) is 5.06 Å². The minimum absolute atomic E-state index is 0.445. The van der Waals surface area contributed by atoms with Gasteiger partial charge in [0.15, 0.2) is 0 Å². The first kappa shape index (κ1) is 9.01. The molecule has 1 atom stereocenters. The van der Waals surface area contributed by atoms with Gasteiger partial charge in [-0.1, -0.05) is 13.3 Å². The molecule has 2 nitrogen and oxygen atoms in total. The van der Waals surface area contributed by atoms with E-state index in [0.29, 0.717) is 6.10 Å². The molecule has 0 aromatic heterocycles. The predicted octanol–water partition coefficient (Wildman–Crippen LogP) is 2.20. The summed E-state index contributed by atoms with van der Waals surface area (Å²) >= 11 is 0. The lowest BCUT2D eigenvalue weighted by Crippen LogP contribution is -2.35. The molecular formula is C9H19NO. The van der Waals surface area contributed by atoms with Crippen molar-refractivity contribution >= 4 is 0 Å². The van der Waals surface area contributed by atoms with Crippen LogP contribution in [0.25, 0.3) is 0 Å². The first-order chi connectivity index (χ1) is 5.33. The monoisotopic (exact) mass is 157 g/mol. The van der Waals surface area contributed by atoms with Crippen molar-refractivity contribution < 1.29 is 4.84 Å². The molecule has 0 bridgehead atoms. The molecule has 1 aliphatic heterocycles. The Labute approximate surface area is 69.5 Å². The standard InChI is InChI=1S/C9H19NO/c1-3-4-7-10-8-5-6-9(2)11-10/h9H,3-8H2,1-2H3. The van der Waals surface area contributed by atoms with Gasteiger partial charge in [0.05, 0.1) is 6.10 Å². The minimum Gasteiger partial charge on any atom is -0.296 e. The molecule has 1 aliphatic rings. The second-order valence-corrected chi connectivity index (χ2v) is 3.34. The summed E-state index contributed by atoms with van der Waals surface area (Å²) in [5, 5.41) is 2.12. The Balaban J connectivity index is 2.12. The van der Waals surface area contributed by atoms with E-state index in [9.17, 15) is 0 Å². The summed E-state index contributed by atoms with van der Waals surface area (Å²) in [4.78, 5) is 5.62. The summed E-state index contributed by atoms with van der Waals surface area (Å²) in [6.07, 6.45) is 5.48. The van der Waals surface area contributed by atoms with Crippen LogP contribution < -0.4 is 0 Å². The number of hydroxylamine groups is 2. The smallest absolute Gasteiger partial charge is 0.0765 e. The third kappa shape index (κ3) is 3.21. The van der Waals surface area contributed by atoms with Crippen LogP contribution in [0.15, 0.2) is 0 Å². The van der Waals surface area contributed by atoms with Crippen molar-refractivity contribution in [3.05, 3.63) is 0 Å². The van der Waals surface area contributed by atoms with Crippen LogP contribution in [0.5, 0.6) is 0 Å². The van der Waals surface area contributed by atoms with Crippen LogP contribution in [0.2, 0.25) is 0 Å². The number of unbranched alkanes of at least 4 members (excludes halogenated alkanes) is 1. The van der Waals surface area contributed by atoms with Crippen molar-refractivity contribution in [2.24, 2.45) is 0 Å². The van der Waals surface area contributed by atoms with Crippen LogP contribution in [0.1, 0.15) is 39.5 Å². The number of rotatable bonds is 3. The van der Waals surface area contributed by atoms with Gasteiger partial charge in [0.1, 0.15) is 0 Å². The van der Waals surface area contributed by atoms with Crippen molar-refractivity contribution in [1.82, 2.24) is 5.06 Å². The zero-order chi connectivity index (χ0) is 8.10. The lowest BCUT2D eigenvalue weighted by atomic mass is 10.2. The average molecular weight is 157 g/mol. The number of nitrogens with zero attached hydrogens (tertiary/aromatic N) is 1. The summed E-state index contributed by atoms with van der Waals surface area (Å²) < 4.78 is 0. The zero-order valence-corrected chi connectivity index (χ0v) is 7.68. The highest BCUT2D eigenvalue weighted by atomic mass is 16.7. The third-order valence-electron chi connectivity index (χ3n) is 2.11. The van der Waals surface area contributed by atoms with Crippen molar-refractivity contribution in [3.63, 3.8) is 0 Å². The molecule has 1 heterocycles. The zero-order valence-electron chi connectivity index (χ0n) is 7.68. The largest absolute Gasteiger partial charge is 0.296 e. The molecule has 0 spiro atoms. The van der Waals surface area contributed by atoms with Gasteiger partial charge in [-0.15, -0.1) is 0 Å². The normalized spacial score (nSPS) is 27.3. The Morgan fingerprint density at radius 3 is 3.00 bits per heavy atom. The maximum absolute atomic E-state index is 5.62. The molecule has 1 fully saturated rings. The van der Waals surface area contributed by atoms with Crippen LogP contribution in [0.3, 0.4) is 0 Å². The summed E-state index contributed by atoms with van der Waals surface area (Å²) in [7, 11) is 0. The lowest BCUT2D eigenvalue weighted by Gasteiger charge is -2.30. The van der Waals surface area contributed by atoms with E-state index in [1.165, 1.54) is 25.7 Å². The van der Waals surface area contributed by atoms with E-state index in [0.717, 1.165) is 13.1 Å². The highest BCUT2D eigenvalue weighted by Gasteiger charge is 2.15. The fraction of sp³-hybridized carbons (Fsp3) is 1.00. The third-order valence-corrected chi connectivity index (χ3v) is 2.11. The van der Waals surface area contributed by atoms with Crippen molar-refractivity contribution in [3.8, 4) is 0 Å². The van der Waals surface area contributed by atoms with Gasteiger partial charge < -0.3 is 0 Å². The fourth-order valence-corrected chi connectivity index (χ4v) is 1.41. The van der Waals surface area contributed by atoms with Gasteiger partial charge in [-0.25, -0.2) is 0 Å². The molecule has 0 aliphatic carbocycles. The summed E-state index contributed by atoms with van der Waals surface area (Å²) in [5.41, 5.74) is 0. The molecule has 0 aromatic carbocycles. The number of hydrogen-bond acceptors (Lipinski definition) is 2. The van der Waals surface area contributed by atoms with Crippen molar-refractivity contribution in [1.29, 1.82) is 0 Å². The first-order valence-electron chi connectivity index (χ1n) is 4.74. The Hall–Kier alpha value is -0.0800. The molecule has 1 unspecified atom stereocenters. The molecule has 0 N–H and O–H groups in total. The van der Waals surface area contributed by atoms with Crippen LogP contribution in [0, 0.1) is 0 Å². The van der Waals surface area contributed by atoms with Gasteiger partial charge in [-0.3, -0.25) is 4.84 Å². The maximum atomic E-state index is 5.62. The van der Waals surface area contributed by atoms with Crippen LogP contribution >= 0.6 is 0 Å². The number of hydrogen-bond donors (Lipinski definition) is 0. The first-order valence-corrected chi connectivity index (χ1v) is 4.74. The fourth-order valence-electron chi connectivity index (χ4n) is 1.41. The molecule has 11 heavy (non-hydrogen) atoms. The van der Waals surface area contributed by atoms with E-state index < -0.39 is 0 Å². The van der Waals surface area contributed by atoms with Crippen molar-refractivity contribution in [2.45, 2.75) is 45.6 Å². The topological polar surface area (TPSA) is 12.5 Å². The molecule has 0 saturated carbocycles.